The van der Waals surface area contributed by atoms with Gasteiger partial charge in [-0.2, -0.15) is 0 Å². The summed E-state index contributed by atoms with van der Waals surface area (Å²) in [6.07, 6.45) is 1.52. The summed E-state index contributed by atoms with van der Waals surface area (Å²) in [5, 5.41) is 14.5. The molecule has 4 rings (SSSR count). The molecule has 1 amide bonds. The number of nitrogens with one attached hydrogen (secondary N) is 1. The molecule has 0 radical (unpaired) electrons. The molecule has 31 heavy (non-hydrogen) atoms. The van der Waals surface area contributed by atoms with Crippen LogP contribution >= 0.6 is 11.8 Å². The average Bonchev–Trinajstić information content (AvgIpc) is 3.28. The number of fused-ring (bicyclic) bond motifs is 1. The van der Waals surface area contributed by atoms with Gasteiger partial charge in [0, 0.05) is 6.07 Å². The third-order valence-corrected chi connectivity index (χ3v) is 5.40. The van der Waals surface area contributed by atoms with Gasteiger partial charge in [0.15, 0.2) is 5.16 Å². The number of aromatic nitrogens is 2. The van der Waals surface area contributed by atoms with Crippen LogP contribution in [0.1, 0.15) is 5.76 Å². The van der Waals surface area contributed by atoms with Crippen LogP contribution in [0.4, 0.5) is 11.4 Å². The van der Waals surface area contributed by atoms with Crippen molar-refractivity contribution in [2.75, 3.05) is 11.1 Å². The maximum atomic E-state index is 13.0. The van der Waals surface area contributed by atoms with Gasteiger partial charge in [-0.25, -0.2) is 4.98 Å². The molecule has 10 heteroatoms. The van der Waals surface area contributed by atoms with E-state index >= 15 is 0 Å². The van der Waals surface area contributed by atoms with E-state index in [9.17, 15) is 19.7 Å². The zero-order chi connectivity index (χ0) is 21.8. The number of hydrogen-bond donors (Lipinski definition) is 1. The Bertz CT molecular complexity index is 1320. The Morgan fingerprint density at radius 1 is 1.13 bits per heavy atom. The minimum atomic E-state index is -0.561. The van der Waals surface area contributed by atoms with Crippen LogP contribution < -0.4 is 10.9 Å². The van der Waals surface area contributed by atoms with Crippen molar-refractivity contribution in [1.82, 2.24) is 9.55 Å². The molecule has 0 bridgehead atoms. The van der Waals surface area contributed by atoms with Crippen molar-refractivity contribution in [2.45, 2.75) is 11.7 Å². The second-order valence-electron chi connectivity index (χ2n) is 6.49. The minimum absolute atomic E-state index is 0.0883. The highest BCUT2D eigenvalue weighted by molar-refractivity contribution is 7.99. The van der Waals surface area contributed by atoms with E-state index in [-0.39, 0.29) is 29.2 Å². The van der Waals surface area contributed by atoms with Crippen molar-refractivity contribution in [2.24, 2.45) is 0 Å². The maximum absolute atomic E-state index is 13.0. The van der Waals surface area contributed by atoms with E-state index in [1.165, 1.54) is 29.0 Å². The second-order valence-corrected chi connectivity index (χ2v) is 7.44. The first kappa shape index (κ1) is 20.4. The van der Waals surface area contributed by atoms with Gasteiger partial charge in [0.05, 0.1) is 34.4 Å². The van der Waals surface area contributed by atoms with Gasteiger partial charge in [-0.3, -0.25) is 24.3 Å². The quantitative estimate of drug-likeness (QED) is 0.203. The van der Waals surface area contributed by atoms with Crippen LogP contribution in [0.2, 0.25) is 0 Å². The molecule has 2 aromatic carbocycles. The van der Waals surface area contributed by atoms with Crippen LogP contribution in [-0.4, -0.2) is 26.1 Å². The summed E-state index contributed by atoms with van der Waals surface area (Å²) in [5.41, 5.74) is 0.186. The largest absolute Gasteiger partial charge is 0.467 e. The van der Waals surface area contributed by atoms with Gasteiger partial charge in [-0.15, -0.1) is 0 Å². The summed E-state index contributed by atoms with van der Waals surface area (Å²) in [6.45, 7) is 0.164. The normalized spacial score (nSPS) is 10.8. The summed E-state index contributed by atoms with van der Waals surface area (Å²) < 4.78 is 6.81. The molecule has 0 atom stereocenters. The summed E-state index contributed by atoms with van der Waals surface area (Å²) in [5.74, 6) is 0.0336. The van der Waals surface area contributed by atoms with Crippen molar-refractivity contribution in [1.29, 1.82) is 0 Å². The maximum Gasteiger partial charge on any atom is 0.292 e. The van der Waals surface area contributed by atoms with Gasteiger partial charge in [0.1, 0.15) is 11.4 Å². The molecule has 156 valence electrons. The Hall–Kier alpha value is -3.92. The second kappa shape index (κ2) is 8.84. The van der Waals surface area contributed by atoms with Gasteiger partial charge < -0.3 is 9.73 Å². The van der Waals surface area contributed by atoms with Crippen LogP contribution in [0.25, 0.3) is 10.9 Å². The van der Waals surface area contributed by atoms with Gasteiger partial charge in [-0.1, -0.05) is 36.0 Å². The molecular formula is C21H16N4O5S. The number of nitrogens with zero attached hydrogens (tertiary/aromatic N) is 3. The minimum Gasteiger partial charge on any atom is -0.467 e. The summed E-state index contributed by atoms with van der Waals surface area (Å²) in [4.78, 5) is 40.6. The zero-order valence-corrected chi connectivity index (χ0v) is 16.9. The zero-order valence-electron chi connectivity index (χ0n) is 16.1. The molecule has 0 spiro atoms. The number of carbonyl (C=O) groups excluding carboxylic acids is 1. The fourth-order valence-electron chi connectivity index (χ4n) is 3.01. The molecule has 4 aromatic rings. The molecule has 2 heterocycles. The average molecular weight is 436 g/mol. The van der Waals surface area contributed by atoms with E-state index in [1.807, 2.05) is 0 Å². The topological polar surface area (TPSA) is 120 Å². The molecule has 1 N–H and O–H groups in total. The first-order chi connectivity index (χ1) is 15.0. The van der Waals surface area contributed by atoms with E-state index in [2.05, 4.69) is 10.3 Å². The SMILES string of the molecule is O=C(CSc1nc2ccccc2c(=O)n1Cc1ccco1)Nc1ccccc1[N+](=O)[O-]. The number of carbonyl (C=O) groups is 1. The molecule has 0 fully saturated rings. The predicted octanol–water partition coefficient (Wildman–Crippen LogP) is 3.68. The molecule has 0 aliphatic heterocycles. The summed E-state index contributed by atoms with van der Waals surface area (Å²) >= 11 is 1.07. The van der Waals surface area contributed by atoms with E-state index in [0.717, 1.165) is 11.8 Å². The van der Waals surface area contributed by atoms with Crippen molar-refractivity contribution >= 4 is 39.9 Å². The van der Waals surface area contributed by atoms with Crippen LogP contribution in [0.15, 0.2) is 81.3 Å². The molecule has 0 aliphatic rings. The Morgan fingerprint density at radius 3 is 2.68 bits per heavy atom. The number of hydrogen-bond acceptors (Lipinski definition) is 7. The Labute approximate surface area is 179 Å². The summed E-state index contributed by atoms with van der Waals surface area (Å²) in [6, 6.07) is 16.3. The number of para-hydroxylation sites is 3. The van der Waals surface area contributed by atoms with Crippen LogP contribution in [0.5, 0.6) is 0 Å². The molecule has 0 aliphatic carbocycles. The van der Waals surface area contributed by atoms with E-state index < -0.39 is 10.8 Å². The number of rotatable bonds is 7. The van der Waals surface area contributed by atoms with E-state index in [4.69, 9.17) is 4.42 Å². The number of amides is 1. The number of anilines is 1. The fourth-order valence-corrected chi connectivity index (χ4v) is 3.81. The number of furan rings is 1. The Morgan fingerprint density at radius 2 is 1.90 bits per heavy atom. The fraction of sp³-hybridized carbons (Fsp3) is 0.0952. The lowest BCUT2D eigenvalue weighted by molar-refractivity contribution is -0.383. The van der Waals surface area contributed by atoms with Crippen LogP contribution in [0.3, 0.4) is 0 Å². The number of benzene rings is 2. The summed E-state index contributed by atoms with van der Waals surface area (Å²) in [7, 11) is 0. The van der Waals surface area contributed by atoms with E-state index in [1.54, 1.807) is 42.5 Å². The van der Waals surface area contributed by atoms with Crippen LogP contribution in [0, 0.1) is 10.1 Å². The number of thioether (sulfide) groups is 1. The molecule has 0 saturated heterocycles. The monoisotopic (exact) mass is 436 g/mol. The molecule has 9 nitrogen and oxygen atoms in total. The van der Waals surface area contributed by atoms with Gasteiger partial charge >= 0.3 is 0 Å². The van der Waals surface area contributed by atoms with Crippen molar-refractivity contribution in [3.8, 4) is 0 Å². The van der Waals surface area contributed by atoms with Crippen LogP contribution in [-0.2, 0) is 11.3 Å². The highest BCUT2D eigenvalue weighted by Gasteiger charge is 2.17. The van der Waals surface area contributed by atoms with E-state index in [0.29, 0.717) is 21.8 Å². The predicted molar refractivity (Wildman–Crippen MR) is 116 cm³/mol. The van der Waals surface area contributed by atoms with Gasteiger partial charge in [0.25, 0.3) is 11.2 Å². The lowest BCUT2D eigenvalue weighted by Crippen LogP contribution is -2.24. The highest BCUT2D eigenvalue weighted by Crippen LogP contribution is 2.24. The lowest BCUT2D eigenvalue weighted by Gasteiger charge is -2.12. The third kappa shape index (κ3) is 4.48. The molecule has 0 unspecified atom stereocenters. The van der Waals surface area contributed by atoms with Crippen molar-refractivity contribution in [3.05, 3.63) is 93.2 Å². The van der Waals surface area contributed by atoms with Gasteiger partial charge in [0.2, 0.25) is 5.91 Å². The first-order valence-corrected chi connectivity index (χ1v) is 10.2. The molecular weight excluding hydrogens is 420 g/mol. The highest BCUT2D eigenvalue weighted by atomic mass is 32.2. The first-order valence-electron chi connectivity index (χ1n) is 9.21. The number of nitro groups is 1. The van der Waals surface area contributed by atoms with Gasteiger partial charge in [-0.05, 0) is 30.3 Å². The Kier molecular flexibility index (Phi) is 5.80. The third-order valence-electron chi connectivity index (χ3n) is 4.43. The van der Waals surface area contributed by atoms with Crippen molar-refractivity contribution < 1.29 is 14.1 Å². The standard InChI is InChI=1S/C21H16N4O5S/c26-19(22-17-9-3-4-10-18(17)25(28)29)13-31-21-23-16-8-2-1-7-15(16)20(27)24(21)12-14-6-5-11-30-14/h1-11H,12-13H2,(H,22,26). The lowest BCUT2D eigenvalue weighted by atomic mass is 10.2. The smallest absolute Gasteiger partial charge is 0.292 e. The Balaban J connectivity index is 1.60. The molecule has 0 saturated carbocycles. The molecule has 2 aromatic heterocycles. The van der Waals surface area contributed by atoms with Crippen molar-refractivity contribution in [3.63, 3.8) is 0 Å². The number of nitro benzene ring substituents is 1.